The van der Waals surface area contributed by atoms with E-state index in [1.807, 2.05) is 0 Å². The summed E-state index contributed by atoms with van der Waals surface area (Å²) in [6.45, 7) is 0. The lowest BCUT2D eigenvalue weighted by atomic mass is 9.85. The van der Waals surface area contributed by atoms with Crippen LogP contribution in [0, 0.1) is 5.92 Å². The molecule has 0 atom stereocenters. The van der Waals surface area contributed by atoms with Crippen molar-refractivity contribution >= 4 is 44.5 Å². The molecule has 1 aliphatic rings. The number of amides is 1. The Bertz CT molecular complexity index is 573. The Balaban J connectivity index is 2.30. The zero-order valence-electron chi connectivity index (χ0n) is 10.9. The van der Waals surface area contributed by atoms with Gasteiger partial charge in [0.15, 0.2) is 5.78 Å². The van der Waals surface area contributed by atoms with Crippen molar-refractivity contribution in [3.05, 3.63) is 23.8 Å². The first-order chi connectivity index (χ1) is 9.81. The number of hydrogen-bond donors (Lipinski definition) is 1. The molecule has 0 radical (unpaired) electrons. The van der Waals surface area contributed by atoms with Crippen LogP contribution in [0.2, 0.25) is 0 Å². The van der Waals surface area contributed by atoms with E-state index in [1.54, 1.807) is 0 Å². The molecule has 0 spiro atoms. The van der Waals surface area contributed by atoms with Crippen LogP contribution in [0.15, 0.2) is 23.1 Å². The lowest BCUT2D eigenvalue weighted by Crippen LogP contribution is -2.28. The van der Waals surface area contributed by atoms with Gasteiger partial charge in [0.05, 0.1) is 10.2 Å². The van der Waals surface area contributed by atoms with E-state index in [0.717, 1.165) is 31.4 Å². The summed E-state index contributed by atoms with van der Waals surface area (Å²) in [7, 11) is 0. The van der Waals surface area contributed by atoms with Gasteiger partial charge in [-0.3, -0.25) is 9.59 Å². The zero-order valence-corrected chi connectivity index (χ0v) is 13.3. The van der Waals surface area contributed by atoms with Crippen LogP contribution >= 0.6 is 27.1 Å². The molecule has 0 aromatic heterocycles. The van der Waals surface area contributed by atoms with E-state index in [1.165, 1.54) is 6.07 Å². The van der Waals surface area contributed by atoms with Crippen LogP contribution in [0.5, 0.6) is 0 Å². The Morgan fingerprint density at radius 3 is 2.38 bits per heavy atom. The predicted molar refractivity (Wildman–Crippen MR) is 79.7 cm³/mol. The molecule has 1 aromatic carbocycles. The molecule has 0 unspecified atom stereocenters. The molecule has 0 aliphatic heterocycles. The van der Waals surface area contributed by atoms with Crippen LogP contribution in [-0.4, -0.2) is 17.0 Å². The Hall–Kier alpha value is -1.02. The highest BCUT2D eigenvalue weighted by molar-refractivity contribution is 9.09. The fourth-order valence-corrected chi connectivity index (χ4v) is 2.80. The lowest BCUT2D eigenvalue weighted by molar-refractivity contribution is -0.122. The third-order valence-electron chi connectivity index (χ3n) is 3.36. The van der Waals surface area contributed by atoms with Crippen LogP contribution in [0.4, 0.5) is 17.3 Å². The van der Waals surface area contributed by atoms with Gasteiger partial charge in [-0.25, -0.2) is 0 Å². The maximum Gasteiger partial charge on any atom is 0.237 e. The van der Waals surface area contributed by atoms with Crippen molar-refractivity contribution in [3.63, 3.8) is 0 Å². The van der Waals surface area contributed by atoms with Crippen molar-refractivity contribution in [3.8, 4) is 0 Å². The summed E-state index contributed by atoms with van der Waals surface area (Å²) in [4.78, 5) is 22.6. The zero-order chi connectivity index (χ0) is 15.6. The molecular formula is C13H13BrF3NO2S. The molecule has 1 N–H and O–H groups in total. The van der Waals surface area contributed by atoms with Crippen LogP contribution < -0.4 is 5.32 Å². The number of alkyl halides is 1. The topological polar surface area (TPSA) is 46.2 Å². The summed E-state index contributed by atoms with van der Waals surface area (Å²) >= 11 is -2.52. The standard InChI is InChI=1S/C13H13BrF3NO2S/c14-7-12(19)9-4-10(6-11(5-9)21(15,16)17)18-13(20)8-2-1-3-8/h4-6,8H,1-3,7H2,(H,18,20). The summed E-state index contributed by atoms with van der Waals surface area (Å²) in [6.07, 6.45) is 2.46. The minimum absolute atomic E-state index is 0.0264. The first-order valence-electron chi connectivity index (χ1n) is 6.28. The highest BCUT2D eigenvalue weighted by Gasteiger charge is 2.28. The van der Waals surface area contributed by atoms with Gasteiger partial charge in [0, 0.05) is 17.2 Å². The number of benzene rings is 1. The van der Waals surface area contributed by atoms with E-state index in [-0.39, 0.29) is 28.4 Å². The van der Waals surface area contributed by atoms with Gasteiger partial charge in [-0.05, 0) is 31.0 Å². The van der Waals surface area contributed by atoms with Crippen LogP contribution in [0.25, 0.3) is 0 Å². The smallest absolute Gasteiger partial charge is 0.237 e. The van der Waals surface area contributed by atoms with Gasteiger partial charge in [0.25, 0.3) is 0 Å². The van der Waals surface area contributed by atoms with E-state index in [0.29, 0.717) is 0 Å². The molecule has 3 nitrogen and oxygen atoms in total. The van der Waals surface area contributed by atoms with Crippen molar-refractivity contribution in [2.24, 2.45) is 5.92 Å². The van der Waals surface area contributed by atoms with E-state index in [4.69, 9.17) is 0 Å². The molecule has 1 aromatic rings. The Labute approximate surface area is 130 Å². The van der Waals surface area contributed by atoms with Crippen molar-refractivity contribution in [1.29, 1.82) is 0 Å². The molecule has 1 fully saturated rings. The maximum absolute atomic E-state index is 12.9. The van der Waals surface area contributed by atoms with Gasteiger partial charge in [-0.1, -0.05) is 22.4 Å². The maximum atomic E-state index is 12.9. The summed E-state index contributed by atoms with van der Waals surface area (Å²) in [6, 6.07) is 3.00. The quantitative estimate of drug-likeness (QED) is 0.585. The largest absolute Gasteiger partial charge is 0.326 e. The van der Waals surface area contributed by atoms with Crippen molar-refractivity contribution in [2.45, 2.75) is 24.2 Å². The normalized spacial score (nSPS) is 16.2. The second-order valence-corrected chi connectivity index (χ2v) is 6.67. The van der Waals surface area contributed by atoms with Gasteiger partial charge >= 0.3 is 0 Å². The van der Waals surface area contributed by atoms with E-state index < -0.39 is 21.9 Å². The van der Waals surface area contributed by atoms with Crippen LogP contribution in [0.1, 0.15) is 29.6 Å². The molecule has 1 amide bonds. The molecule has 1 aliphatic carbocycles. The number of carbonyl (C=O) groups excluding carboxylic acids is 2. The average molecular weight is 384 g/mol. The fraction of sp³-hybridized carbons (Fsp3) is 0.385. The highest BCUT2D eigenvalue weighted by atomic mass is 79.9. The molecule has 2 rings (SSSR count). The number of nitrogens with one attached hydrogen (secondary N) is 1. The molecule has 116 valence electrons. The number of hydrogen-bond acceptors (Lipinski definition) is 2. The van der Waals surface area contributed by atoms with E-state index in [2.05, 4.69) is 21.2 Å². The minimum Gasteiger partial charge on any atom is -0.326 e. The number of Topliss-reactive ketones (excluding diaryl/α,β-unsaturated/α-hetero) is 1. The Morgan fingerprint density at radius 1 is 1.24 bits per heavy atom. The fourth-order valence-electron chi connectivity index (χ4n) is 1.96. The predicted octanol–water partition coefficient (Wildman–Crippen LogP) is 4.82. The SMILES string of the molecule is O=C(CBr)c1cc(NC(=O)C2CCC2)cc(S(F)(F)F)c1. The summed E-state index contributed by atoms with van der Waals surface area (Å²) < 4.78 is 38.8. The second-order valence-electron chi connectivity index (χ2n) is 4.83. The minimum atomic E-state index is -5.46. The summed E-state index contributed by atoms with van der Waals surface area (Å²) in [5, 5.41) is 2.41. The molecule has 0 bridgehead atoms. The van der Waals surface area contributed by atoms with Crippen molar-refractivity contribution < 1.29 is 21.2 Å². The van der Waals surface area contributed by atoms with Crippen molar-refractivity contribution in [2.75, 3.05) is 10.6 Å². The van der Waals surface area contributed by atoms with Gasteiger partial charge < -0.3 is 5.32 Å². The van der Waals surface area contributed by atoms with E-state index >= 15 is 0 Å². The van der Waals surface area contributed by atoms with Gasteiger partial charge in [0.1, 0.15) is 0 Å². The summed E-state index contributed by atoms with van der Waals surface area (Å²) in [5.74, 6) is -0.880. The van der Waals surface area contributed by atoms with Crippen molar-refractivity contribution in [1.82, 2.24) is 0 Å². The molecular weight excluding hydrogens is 371 g/mol. The summed E-state index contributed by atoms with van der Waals surface area (Å²) in [5.41, 5.74) is -0.0309. The Kier molecular flexibility index (Phi) is 4.98. The third kappa shape index (κ3) is 4.00. The van der Waals surface area contributed by atoms with Crippen LogP contribution in [0.3, 0.4) is 0 Å². The monoisotopic (exact) mass is 383 g/mol. The molecule has 0 saturated heterocycles. The first-order valence-corrected chi connectivity index (χ1v) is 8.74. The third-order valence-corrected chi connectivity index (χ3v) is 4.64. The second kappa shape index (κ2) is 6.39. The number of halogens is 4. The van der Waals surface area contributed by atoms with Gasteiger partial charge in [0.2, 0.25) is 17.1 Å². The Morgan fingerprint density at radius 2 is 1.90 bits per heavy atom. The van der Waals surface area contributed by atoms with Gasteiger partial charge in [-0.2, -0.15) is 0 Å². The molecule has 0 heterocycles. The molecule has 8 heteroatoms. The van der Waals surface area contributed by atoms with Gasteiger partial charge in [-0.15, -0.1) is 11.7 Å². The number of rotatable bonds is 5. The number of carbonyl (C=O) groups is 2. The average Bonchev–Trinajstić information content (AvgIpc) is 2.34. The number of anilines is 1. The lowest BCUT2D eigenvalue weighted by Gasteiger charge is -2.24. The molecule has 21 heavy (non-hydrogen) atoms. The highest BCUT2D eigenvalue weighted by Crippen LogP contribution is 2.61. The van der Waals surface area contributed by atoms with Crippen LogP contribution in [-0.2, 0) is 4.79 Å². The molecule has 1 saturated carbocycles. The van der Waals surface area contributed by atoms with E-state index in [9.17, 15) is 21.2 Å². The first kappa shape index (κ1) is 16.4. The number of ketones is 1.